The Hall–Kier alpha value is -0.860. The minimum absolute atomic E-state index is 0.339. The Bertz CT molecular complexity index is 339. The van der Waals surface area contributed by atoms with Gasteiger partial charge in [-0.25, -0.2) is 4.79 Å². The first-order chi connectivity index (χ1) is 13.2. The molecule has 27 heavy (non-hydrogen) atoms. The molecular formula is C24H46O3. The lowest BCUT2D eigenvalue weighted by Gasteiger charge is -2.04. The second-order valence-electron chi connectivity index (χ2n) is 8.03. The number of unbranched alkanes of at least 4 members (excludes halogenated alkanes) is 18. The van der Waals surface area contributed by atoms with Crippen molar-refractivity contribution in [1.82, 2.24) is 0 Å². The van der Waals surface area contributed by atoms with Gasteiger partial charge in [0.25, 0.3) is 0 Å². The average molecular weight is 383 g/mol. The summed E-state index contributed by atoms with van der Waals surface area (Å²) < 4.78 is 4.41. The van der Waals surface area contributed by atoms with Gasteiger partial charge in [0.15, 0.2) is 0 Å². The van der Waals surface area contributed by atoms with Crippen LogP contribution in [0.25, 0.3) is 0 Å². The first-order valence-electron chi connectivity index (χ1n) is 11.8. The molecule has 0 aromatic heterocycles. The third kappa shape index (κ3) is 19.7. The first kappa shape index (κ1) is 26.1. The van der Waals surface area contributed by atoms with E-state index in [2.05, 4.69) is 11.7 Å². The number of ether oxygens (including phenoxy) is 1. The highest BCUT2D eigenvalue weighted by Crippen LogP contribution is 2.14. The number of Topliss-reactive ketones (excluding diaryl/α,β-unsaturated/α-hetero) is 1. The molecule has 0 rings (SSSR count). The second kappa shape index (κ2) is 21.4. The fraction of sp³-hybridized carbons (Fsp3) is 0.917. The Morgan fingerprint density at radius 3 is 1.11 bits per heavy atom. The molecule has 0 atom stereocenters. The number of hydrogen-bond donors (Lipinski definition) is 0. The molecule has 0 fully saturated rings. The van der Waals surface area contributed by atoms with Crippen molar-refractivity contribution in [1.29, 1.82) is 0 Å². The summed E-state index contributed by atoms with van der Waals surface area (Å²) in [5, 5.41) is 0. The standard InChI is InChI=1S/C24H46O3/c1-3-4-5-6-7-8-9-10-11-12-13-14-15-16-17-18-19-20-21-22-23(25)24(26)27-2/h3-22H2,1-2H3. The Morgan fingerprint density at radius 2 is 0.815 bits per heavy atom. The zero-order valence-corrected chi connectivity index (χ0v) is 18.4. The molecule has 0 aliphatic heterocycles. The van der Waals surface area contributed by atoms with E-state index in [0.717, 1.165) is 12.8 Å². The van der Waals surface area contributed by atoms with Gasteiger partial charge in [-0.15, -0.1) is 0 Å². The summed E-state index contributed by atoms with van der Waals surface area (Å²) in [6.07, 6.45) is 25.7. The highest BCUT2D eigenvalue weighted by Gasteiger charge is 2.12. The largest absolute Gasteiger partial charge is 0.463 e. The maximum Gasteiger partial charge on any atom is 0.374 e. The van der Waals surface area contributed by atoms with Gasteiger partial charge in [-0.3, -0.25) is 4.79 Å². The van der Waals surface area contributed by atoms with Crippen LogP contribution in [0, 0.1) is 0 Å². The van der Waals surface area contributed by atoms with Crippen LogP contribution in [0.3, 0.4) is 0 Å². The van der Waals surface area contributed by atoms with E-state index in [1.807, 2.05) is 0 Å². The predicted octanol–water partition coefficient (Wildman–Crippen LogP) is 7.55. The minimum atomic E-state index is -0.697. The predicted molar refractivity (Wildman–Crippen MR) is 115 cm³/mol. The number of methoxy groups -OCH3 is 1. The zero-order valence-electron chi connectivity index (χ0n) is 18.4. The summed E-state index contributed by atoms with van der Waals surface area (Å²) in [6.45, 7) is 2.28. The third-order valence-electron chi connectivity index (χ3n) is 5.42. The van der Waals surface area contributed by atoms with E-state index >= 15 is 0 Å². The molecular weight excluding hydrogens is 336 g/mol. The van der Waals surface area contributed by atoms with Crippen LogP contribution in [0.4, 0.5) is 0 Å². The average Bonchev–Trinajstić information content (AvgIpc) is 2.68. The van der Waals surface area contributed by atoms with E-state index in [9.17, 15) is 9.59 Å². The number of carbonyl (C=O) groups excluding carboxylic acids is 2. The van der Waals surface area contributed by atoms with Crippen LogP contribution in [-0.4, -0.2) is 18.9 Å². The van der Waals surface area contributed by atoms with E-state index in [0.29, 0.717) is 6.42 Å². The summed E-state index contributed by atoms with van der Waals surface area (Å²) in [5.74, 6) is -1.08. The van der Waals surface area contributed by atoms with Crippen molar-refractivity contribution in [3.8, 4) is 0 Å². The first-order valence-corrected chi connectivity index (χ1v) is 11.8. The summed E-state index contributed by atoms with van der Waals surface area (Å²) in [4.78, 5) is 22.2. The van der Waals surface area contributed by atoms with Crippen molar-refractivity contribution in [3.05, 3.63) is 0 Å². The molecule has 0 unspecified atom stereocenters. The number of ketones is 1. The molecule has 0 N–H and O–H groups in total. The van der Waals surface area contributed by atoms with Crippen LogP contribution in [0.15, 0.2) is 0 Å². The van der Waals surface area contributed by atoms with Crippen molar-refractivity contribution < 1.29 is 14.3 Å². The van der Waals surface area contributed by atoms with Gasteiger partial charge < -0.3 is 4.74 Å². The van der Waals surface area contributed by atoms with E-state index < -0.39 is 5.97 Å². The summed E-state index contributed by atoms with van der Waals surface area (Å²) in [5.41, 5.74) is 0. The summed E-state index contributed by atoms with van der Waals surface area (Å²) in [7, 11) is 1.26. The van der Waals surface area contributed by atoms with Crippen LogP contribution >= 0.6 is 0 Å². The number of carbonyl (C=O) groups is 2. The van der Waals surface area contributed by atoms with Gasteiger partial charge in [0, 0.05) is 6.42 Å². The monoisotopic (exact) mass is 382 g/mol. The Morgan fingerprint density at radius 1 is 0.519 bits per heavy atom. The fourth-order valence-electron chi connectivity index (χ4n) is 3.58. The molecule has 0 spiro atoms. The normalized spacial score (nSPS) is 10.9. The highest BCUT2D eigenvalue weighted by atomic mass is 16.5. The number of hydrogen-bond acceptors (Lipinski definition) is 3. The van der Waals surface area contributed by atoms with Gasteiger partial charge in [-0.05, 0) is 6.42 Å². The molecule has 3 nitrogen and oxygen atoms in total. The van der Waals surface area contributed by atoms with Crippen molar-refractivity contribution in [2.24, 2.45) is 0 Å². The molecule has 0 aliphatic rings. The number of esters is 1. The molecule has 160 valence electrons. The van der Waals surface area contributed by atoms with E-state index in [-0.39, 0.29) is 5.78 Å². The molecule has 0 aromatic carbocycles. The van der Waals surface area contributed by atoms with Gasteiger partial charge in [-0.1, -0.05) is 122 Å². The smallest absolute Gasteiger partial charge is 0.374 e. The Balaban J connectivity index is 3.09. The van der Waals surface area contributed by atoms with E-state index in [4.69, 9.17) is 0 Å². The third-order valence-corrected chi connectivity index (χ3v) is 5.42. The molecule has 0 amide bonds. The highest BCUT2D eigenvalue weighted by molar-refractivity contribution is 6.33. The van der Waals surface area contributed by atoms with Crippen molar-refractivity contribution in [2.75, 3.05) is 7.11 Å². The quantitative estimate of drug-likeness (QED) is 0.117. The molecule has 0 bridgehead atoms. The van der Waals surface area contributed by atoms with Crippen LogP contribution < -0.4 is 0 Å². The van der Waals surface area contributed by atoms with Crippen molar-refractivity contribution in [2.45, 2.75) is 135 Å². The van der Waals surface area contributed by atoms with Crippen molar-refractivity contribution >= 4 is 11.8 Å². The minimum Gasteiger partial charge on any atom is -0.463 e. The van der Waals surface area contributed by atoms with Crippen molar-refractivity contribution in [3.63, 3.8) is 0 Å². The fourth-order valence-corrected chi connectivity index (χ4v) is 3.58. The van der Waals surface area contributed by atoms with Gasteiger partial charge in [0.05, 0.1) is 7.11 Å². The SMILES string of the molecule is CCCCCCCCCCCCCCCCCCCCCC(=O)C(=O)OC. The lowest BCUT2D eigenvalue weighted by Crippen LogP contribution is -2.14. The lowest BCUT2D eigenvalue weighted by molar-refractivity contribution is -0.151. The van der Waals surface area contributed by atoms with Gasteiger partial charge >= 0.3 is 5.97 Å². The van der Waals surface area contributed by atoms with Gasteiger partial charge in [0.1, 0.15) is 0 Å². The summed E-state index contributed by atoms with van der Waals surface area (Å²) >= 11 is 0. The van der Waals surface area contributed by atoms with Crippen LogP contribution in [0.2, 0.25) is 0 Å². The van der Waals surface area contributed by atoms with E-state index in [1.54, 1.807) is 0 Å². The molecule has 0 saturated heterocycles. The van der Waals surface area contributed by atoms with Crippen LogP contribution in [0.5, 0.6) is 0 Å². The second-order valence-corrected chi connectivity index (χ2v) is 8.03. The number of rotatable bonds is 21. The Kier molecular flexibility index (Phi) is 20.8. The van der Waals surface area contributed by atoms with E-state index in [1.165, 1.54) is 116 Å². The zero-order chi connectivity index (χ0) is 20.0. The molecule has 0 radical (unpaired) electrons. The van der Waals surface area contributed by atoms with Gasteiger partial charge in [-0.2, -0.15) is 0 Å². The maximum absolute atomic E-state index is 11.3. The lowest BCUT2D eigenvalue weighted by atomic mass is 10.0. The van der Waals surface area contributed by atoms with Crippen LogP contribution in [0.1, 0.15) is 135 Å². The van der Waals surface area contributed by atoms with Gasteiger partial charge in [0.2, 0.25) is 5.78 Å². The molecule has 3 heteroatoms. The Labute approximate surface area is 169 Å². The molecule has 0 saturated carbocycles. The molecule has 0 aliphatic carbocycles. The summed E-state index contributed by atoms with van der Waals surface area (Å²) in [6, 6.07) is 0. The topological polar surface area (TPSA) is 43.4 Å². The molecule has 0 heterocycles. The molecule has 0 aromatic rings. The van der Waals surface area contributed by atoms with Crippen LogP contribution in [-0.2, 0) is 14.3 Å². The maximum atomic E-state index is 11.3.